The zero-order valence-electron chi connectivity index (χ0n) is 64.7. The number of anilines is 2. The van der Waals surface area contributed by atoms with Crippen molar-refractivity contribution in [2.24, 2.45) is 0 Å². The number of nitrogens with two attached hydrogens (primary N) is 2. The molecule has 4 aromatic carbocycles. The largest absolute Gasteiger partial charge is 0.747 e. The Morgan fingerprint density at radius 3 is 1.35 bits per heavy atom. The van der Waals surface area contributed by atoms with Crippen LogP contribution < -0.4 is 29.6 Å². The number of pyridine rings is 2. The zero-order chi connectivity index (χ0) is 89.5. The summed E-state index contributed by atoms with van der Waals surface area (Å²) < 4.78 is 187. The van der Waals surface area contributed by atoms with Crippen molar-refractivity contribution < 1.29 is 156 Å². The third-order valence-electron chi connectivity index (χ3n) is 17.1. The fourth-order valence-electron chi connectivity index (χ4n) is 10.8. The van der Waals surface area contributed by atoms with Crippen molar-refractivity contribution in [1.29, 1.82) is 10.5 Å². The minimum Gasteiger partial charge on any atom is -0.747 e. The van der Waals surface area contributed by atoms with Crippen molar-refractivity contribution in [3.05, 3.63) is 224 Å². The Bertz CT molecular complexity index is 5340. The first-order chi connectivity index (χ1) is 57.7. The summed E-state index contributed by atoms with van der Waals surface area (Å²) in [6, 6.07) is 30.3. The SMILES string of the molecule is C[NH2+]CC(=O)OCc1cccnc1N(C)C(=O)OC(C)[n+]1cnn(C[C@](O)(c2cc(F)ccc2F)[C@@H](C)c2nc(-c3ccc(C#N)cc3)cs2)c1.C[NH2+]CC(=O)OCc1cccnc1N(C)C(=O)OC(C)[n+]1cnn(C[C@](O)(c2cc(F)ccc2F)[C@@H](C)c2nc(-c3ccc(C#N)cc3)cs2)c1.O=S(=O)(O)OS1(=O)(O)OO1.O=S([O-])OOOOS(=O)[O-]. The van der Waals surface area contributed by atoms with Crippen LogP contribution in [0.3, 0.4) is 0 Å². The van der Waals surface area contributed by atoms with Gasteiger partial charge < -0.3 is 48.9 Å². The van der Waals surface area contributed by atoms with Crippen LogP contribution in [0, 0.1) is 45.9 Å². The lowest BCUT2D eigenvalue weighted by atomic mass is 9.82. The van der Waals surface area contributed by atoms with Gasteiger partial charge in [-0.3, -0.25) is 18.9 Å². The number of benzene rings is 4. The highest BCUT2D eigenvalue weighted by Crippen LogP contribution is 2.45. The van der Waals surface area contributed by atoms with Gasteiger partial charge in [0.1, 0.15) is 95.1 Å². The summed E-state index contributed by atoms with van der Waals surface area (Å²) in [4.78, 5) is 70.3. The first-order valence-corrected chi connectivity index (χ1v) is 41.7. The Morgan fingerprint density at radius 2 is 1.02 bits per heavy atom. The highest BCUT2D eigenvalue weighted by Gasteiger charge is 2.61. The maximum Gasteiger partial charge on any atom is 0.418 e. The molecule has 0 radical (unpaired) electrons. The van der Waals surface area contributed by atoms with Crippen LogP contribution >= 0.6 is 22.7 Å². The second-order valence-corrected chi connectivity index (χ2v) is 31.4. The molecule has 652 valence electrons. The number of amides is 2. The summed E-state index contributed by atoms with van der Waals surface area (Å²) in [5.74, 6) is -5.14. The van der Waals surface area contributed by atoms with E-state index >= 15 is 8.78 Å². The highest BCUT2D eigenvalue weighted by atomic mass is 32.4. The fraction of sp³-hybridized carbons (Fsp3) is 0.286. The topological polar surface area (TPSA) is 571 Å². The molecule has 1 aliphatic heterocycles. The molecule has 0 aliphatic carbocycles. The van der Waals surface area contributed by atoms with Gasteiger partial charge in [-0.15, -0.1) is 44.3 Å². The van der Waals surface area contributed by atoms with Crippen molar-refractivity contribution >= 4 is 102 Å². The van der Waals surface area contributed by atoms with E-state index in [1.807, 2.05) is 0 Å². The molecule has 0 saturated carbocycles. The van der Waals surface area contributed by atoms with E-state index in [4.69, 9.17) is 48.5 Å². The number of nitriles is 2. The number of quaternary nitrogens is 2. The smallest absolute Gasteiger partial charge is 0.418 e. The molecule has 8 N–H and O–H groups in total. The molecule has 0 bridgehead atoms. The van der Waals surface area contributed by atoms with Gasteiger partial charge in [0.2, 0.25) is 25.1 Å². The van der Waals surface area contributed by atoms with Gasteiger partial charge in [-0.2, -0.15) is 32.3 Å². The summed E-state index contributed by atoms with van der Waals surface area (Å²) in [5, 5.41) is 65.6. The van der Waals surface area contributed by atoms with E-state index in [0.29, 0.717) is 43.7 Å². The van der Waals surface area contributed by atoms with Gasteiger partial charge >= 0.3 is 44.7 Å². The molecular weight excluding hydrogens is 1750 g/mol. The molecular formula is C70H74F4N16O26S6+2. The number of aliphatic hydroxyl groups is 2. The Labute approximate surface area is 703 Å². The molecule has 122 heavy (non-hydrogen) atoms. The Balaban J connectivity index is 0.000000246. The number of carbonyl (C=O) groups excluding carboxylic acids is 4. The van der Waals surface area contributed by atoms with Crippen LogP contribution in [0.5, 0.6) is 0 Å². The van der Waals surface area contributed by atoms with Crippen molar-refractivity contribution in [1.82, 2.24) is 39.5 Å². The molecule has 7 heterocycles. The number of esters is 2. The summed E-state index contributed by atoms with van der Waals surface area (Å²) in [7, 11) is -3.98. The maximum absolute atomic E-state index is 15.3. The van der Waals surface area contributed by atoms with Crippen molar-refractivity contribution in [2.45, 2.75) is 89.5 Å². The normalized spacial score (nSPS) is 15.2. The van der Waals surface area contributed by atoms with Crippen molar-refractivity contribution in [3.63, 3.8) is 0 Å². The zero-order valence-corrected chi connectivity index (χ0v) is 69.6. The minimum absolute atomic E-state index is 0.0878. The van der Waals surface area contributed by atoms with Crippen molar-refractivity contribution in [3.8, 4) is 34.7 Å². The number of hydrogen-bond acceptors (Lipinski definition) is 34. The molecule has 1 aliphatic rings. The highest BCUT2D eigenvalue weighted by molar-refractivity contribution is 8.11. The van der Waals surface area contributed by atoms with Crippen LogP contribution in [0.15, 0.2) is 158 Å². The van der Waals surface area contributed by atoms with Crippen LogP contribution in [0.4, 0.5) is 38.8 Å². The molecule has 8 atom stereocenters. The minimum atomic E-state index is -5.36. The van der Waals surface area contributed by atoms with E-state index in [-0.39, 0.29) is 62.2 Å². The Hall–Kier alpha value is -11.3. The third-order valence-corrected chi connectivity index (χ3v) is 21.6. The maximum atomic E-state index is 15.3. The average Bonchev–Trinajstić information content (AvgIpc) is 1.59. The summed E-state index contributed by atoms with van der Waals surface area (Å²) in [6.07, 6.45) is 5.34. The van der Waals surface area contributed by atoms with E-state index in [0.717, 1.165) is 47.5 Å². The predicted molar refractivity (Wildman–Crippen MR) is 407 cm³/mol. The third kappa shape index (κ3) is 27.1. The van der Waals surface area contributed by atoms with Crippen LogP contribution in [-0.4, -0.2) is 154 Å². The Kier molecular flexibility index (Phi) is 33.9. The number of hydrogen-bond donors (Lipinski definition) is 6. The molecule has 42 nitrogen and oxygen atoms in total. The second-order valence-electron chi connectivity index (χ2n) is 25.5. The van der Waals surface area contributed by atoms with Gasteiger partial charge in [0.05, 0.1) is 58.8 Å². The summed E-state index contributed by atoms with van der Waals surface area (Å²) >= 11 is -3.42. The fourth-order valence-corrected chi connectivity index (χ4v) is 14.5. The number of carbonyl (C=O) groups is 4. The quantitative estimate of drug-likeness (QED) is 0.00319. The molecule has 2 amide bonds. The Morgan fingerprint density at radius 1 is 0.648 bits per heavy atom. The van der Waals surface area contributed by atoms with Crippen LogP contribution in [0.2, 0.25) is 0 Å². The van der Waals surface area contributed by atoms with E-state index in [2.05, 4.69) is 63.3 Å². The predicted octanol–water partition coefficient (Wildman–Crippen LogP) is 4.31. The van der Waals surface area contributed by atoms with Gasteiger partial charge in [0, 0.05) is 107 Å². The molecule has 0 spiro atoms. The van der Waals surface area contributed by atoms with Crippen LogP contribution in [0.25, 0.3) is 22.5 Å². The first kappa shape index (κ1) is 96.2. The van der Waals surface area contributed by atoms with Crippen molar-refractivity contribution in [2.75, 3.05) is 51.1 Å². The van der Waals surface area contributed by atoms with Crippen LogP contribution in [-0.2, 0) is 140 Å². The van der Waals surface area contributed by atoms with E-state index < -0.39 is 126 Å². The van der Waals surface area contributed by atoms with Crippen LogP contribution in [0.1, 0.15) is 95.4 Å². The lowest BCUT2D eigenvalue weighted by molar-refractivity contribution is -0.753. The summed E-state index contributed by atoms with van der Waals surface area (Å²) in [6.45, 7) is 6.01. The van der Waals surface area contributed by atoms with Gasteiger partial charge in [-0.05, 0) is 82.9 Å². The monoisotopic (exact) mass is 1820 g/mol. The molecule has 4 unspecified atom stereocenters. The number of rotatable bonds is 33. The number of ether oxygens (including phenoxy) is 4. The van der Waals surface area contributed by atoms with Gasteiger partial charge in [0.15, 0.2) is 13.1 Å². The number of likely N-dealkylation sites (N-methyl/N-ethyl adjacent to an activating group) is 2. The number of halogens is 4. The standard InChI is InChI=1S/2C35H35F2N8O5S.2H2O8S2/c2*1-22(33-42-30(18-51-33)25-9-7-24(15-38)8-10-25)35(48,28-14-27(36)11-12-29(28)37)19-45-21-44(20-41-45)23(2)50-34(47)43(4)32-26(6-5-13-40-32)17-49-31(46)16-39-3;1-9(2,3)8-10(4,5)6-7-10;1-9(2)7-5-6-8-10(3)4/h2*5-14,18,20-23,39,48H,16-17,19H2,1-4H3;(H,4,5)(H,1,2,3);(H,1,2)(H,3,4)/q2*+1;;/t2*22-,23?,35+;;/m00../s1. The lowest BCUT2D eigenvalue weighted by Gasteiger charge is -2.32. The molecule has 1 fully saturated rings. The number of aromatic nitrogens is 10. The van der Waals surface area contributed by atoms with E-state index in [9.17, 15) is 68.3 Å². The molecule has 11 rings (SSSR count). The second kappa shape index (κ2) is 43.0. The molecule has 10 aromatic rings. The first-order valence-electron chi connectivity index (χ1n) is 34.8. The van der Waals surface area contributed by atoms with Gasteiger partial charge in [0.25, 0.3) is 12.7 Å². The van der Waals surface area contributed by atoms with E-state index in [1.165, 1.54) is 103 Å². The molecule has 1 saturated heterocycles. The number of thiazole rings is 2. The molecule has 6 aromatic heterocycles. The van der Waals surface area contributed by atoms with Gasteiger partial charge in [-0.25, -0.2) is 65.1 Å². The number of nitrogens with zero attached hydrogens (tertiary/aromatic N) is 14. The summed E-state index contributed by atoms with van der Waals surface area (Å²) in [5.41, 5.74) is 0.0431. The average molecular weight is 1820 g/mol. The van der Waals surface area contributed by atoms with Gasteiger partial charge in [-0.1, -0.05) is 58.9 Å². The lowest BCUT2D eigenvalue weighted by Crippen LogP contribution is -2.81. The van der Waals surface area contributed by atoms with E-state index in [1.54, 1.807) is 136 Å². The molecule has 52 heteroatoms.